The van der Waals surface area contributed by atoms with Crippen LogP contribution in [0.25, 0.3) is 0 Å². The highest BCUT2D eigenvalue weighted by Crippen LogP contribution is 2.44. The van der Waals surface area contributed by atoms with Crippen molar-refractivity contribution in [1.29, 1.82) is 0 Å². The number of hydrogen-bond donors (Lipinski definition) is 3. The highest BCUT2D eigenvalue weighted by atomic mass is 16.5. The third kappa shape index (κ3) is 6.60. The molecule has 2 saturated carbocycles. The summed E-state index contributed by atoms with van der Waals surface area (Å²) < 4.78 is 5.38. The molecule has 3 N–H and O–H groups in total. The quantitative estimate of drug-likeness (QED) is 0.664. The van der Waals surface area contributed by atoms with Gasteiger partial charge in [0.2, 0.25) is 0 Å². The van der Waals surface area contributed by atoms with E-state index in [-0.39, 0.29) is 7.43 Å². The van der Waals surface area contributed by atoms with Gasteiger partial charge in [-0.15, -0.1) is 0 Å². The standard InChI is InChI=1S/C10H16N2O.C4H4O4.CH4/c1-2-7(1)9(8-3-4-8)12-10-11-5-6-13-10;5-3(6)1-2-4(7)8;/h7-9H,1-6H2,(H,11,12);1-2H,(H,5,6)(H,7,8);1H4/b;2-1+;. The number of nitrogens with zero attached hydrogens (tertiary/aromatic N) is 1. The van der Waals surface area contributed by atoms with Crippen LogP contribution in [0.2, 0.25) is 0 Å². The van der Waals surface area contributed by atoms with Gasteiger partial charge < -0.3 is 20.3 Å². The van der Waals surface area contributed by atoms with Gasteiger partial charge in [-0.25, -0.2) is 14.6 Å². The molecule has 7 heteroatoms. The summed E-state index contributed by atoms with van der Waals surface area (Å²) in [6.45, 7) is 1.61. The molecule has 3 rings (SSSR count). The van der Waals surface area contributed by atoms with E-state index in [9.17, 15) is 9.59 Å². The number of ether oxygens (including phenoxy) is 1. The zero-order valence-corrected chi connectivity index (χ0v) is 11.7. The van der Waals surface area contributed by atoms with Gasteiger partial charge in [-0.05, 0) is 37.5 Å². The Bertz CT molecular complexity index is 425. The Kier molecular flexibility index (Phi) is 6.88. The van der Waals surface area contributed by atoms with E-state index in [1.807, 2.05) is 0 Å². The molecule has 0 aromatic heterocycles. The average Bonchev–Trinajstić information content (AvgIpc) is 3.36. The van der Waals surface area contributed by atoms with Crippen molar-refractivity contribution < 1.29 is 24.5 Å². The van der Waals surface area contributed by atoms with Gasteiger partial charge in [0.1, 0.15) is 6.61 Å². The molecule has 3 aliphatic rings. The minimum absolute atomic E-state index is 0. The maximum absolute atomic E-state index is 9.55. The number of carboxylic acid groups (broad SMARTS) is 2. The van der Waals surface area contributed by atoms with Crippen LogP contribution in [-0.4, -0.2) is 47.4 Å². The van der Waals surface area contributed by atoms with Crippen molar-refractivity contribution in [2.75, 3.05) is 13.2 Å². The average molecular weight is 312 g/mol. The number of aliphatic imine (C=N–C) groups is 1. The summed E-state index contributed by atoms with van der Waals surface area (Å²) in [4.78, 5) is 23.4. The molecule has 0 atom stereocenters. The van der Waals surface area contributed by atoms with Crippen molar-refractivity contribution in [3.8, 4) is 0 Å². The SMILES string of the molecule is C.C1COC(NC(C2CC2)C2CC2)=N1.O=C(O)/C=C/C(=O)O. The smallest absolute Gasteiger partial charge is 0.328 e. The van der Waals surface area contributed by atoms with Crippen molar-refractivity contribution in [2.45, 2.75) is 39.2 Å². The maximum Gasteiger partial charge on any atom is 0.328 e. The van der Waals surface area contributed by atoms with E-state index < -0.39 is 11.9 Å². The number of aliphatic carboxylic acids is 2. The van der Waals surface area contributed by atoms with Crippen molar-refractivity contribution in [1.82, 2.24) is 5.32 Å². The second-order valence-corrected chi connectivity index (χ2v) is 5.39. The zero-order chi connectivity index (χ0) is 15.2. The van der Waals surface area contributed by atoms with Crippen LogP contribution in [0.3, 0.4) is 0 Å². The Morgan fingerprint density at radius 1 is 1.14 bits per heavy atom. The first kappa shape index (κ1) is 18.0. The Labute approximate surface area is 130 Å². The van der Waals surface area contributed by atoms with Crippen LogP contribution in [0.15, 0.2) is 17.1 Å². The Hall–Kier alpha value is -2.05. The summed E-state index contributed by atoms with van der Waals surface area (Å²) >= 11 is 0. The zero-order valence-electron chi connectivity index (χ0n) is 11.7. The van der Waals surface area contributed by atoms with E-state index in [1.165, 1.54) is 25.7 Å². The molecular weight excluding hydrogens is 288 g/mol. The fourth-order valence-corrected chi connectivity index (χ4v) is 2.24. The molecule has 7 nitrogen and oxygen atoms in total. The Morgan fingerprint density at radius 2 is 1.64 bits per heavy atom. The molecule has 0 saturated heterocycles. The summed E-state index contributed by atoms with van der Waals surface area (Å²) in [5.41, 5.74) is 0. The molecule has 1 heterocycles. The first-order chi connectivity index (χ1) is 10.1. The van der Waals surface area contributed by atoms with Gasteiger partial charge in [-0.1, -0.05) is 7.43 Å². The molecule has 22 heavy (non-hydrogen) atoms. The summed E-state index contributed by atoms with van der Waals surface area (Å²) in [6, 6.07) is 1.49. The number of nitrogens with one attached hydrogen (secondary N) is 1. The van der Waals surface area contributed by atoms with Crippen LogP contribution in [0, 0.1) is 11.8 Å². The molecule has 124 valence electrons. The fourth-order valence-electron chi connectivity index (χ4n) is 2.24. The van der Waals surface area contributed by atoms with Crippen molar-refractivity contribution in [3.63, 3.8) is 0 Å². The number of hydrogen-bond acceptors (Lipinski definition) is 5. The van der Waals surface area contributed by atoms with E-state index in [0.29, 0.717) is 18.2 Å². The van der Waals surface area contributed by atoms with Crippen molar-refractivity contribution >= 4 is 18.0 Å². The van der Waals surface area contributed by atoms with Crippen LogP contribution in [-0.2, 0) is 14.3 Å². The number of rotatable bonds is 5. The molecule has 0 aromatic carbocycles. The monoisotopic (exact) mass is 312 g/mol. The van der Waals surface area contributed by atoms with Crippen LogP contribution < -0.4 is 5.32 Å². The summed E-state index contributed by atoms with van der Waals surface area (Å²) in [7, 11) is 0. The first-order valence-electron chi connectivity index (χ1n) is 7.14. The van der Waals surface area contributed by atoms with E-state index in [0.717, 1.165) is 31.0 Å². The molecule has 0 bridgehead atoms. The van der Waals surface area contributed by atoms with E-state index in [4.69, 9.17) is 14.9 Å². The normalized spacial score (nSPS) is 19.6. The largest absolute Gasteiger partial charge is 0.478 e. The van der Waals surface area contributed by atoms with Crippen LogP contribution in [0.4, 0.5) is 0 Å². The first-order valence-corrected chi connectivity index (χ1v) is 7.14. The van der Waals surface area contributed by atoms with Crippen LogP contribution in [0.1, 0.15) is 33.1 Å². The third-order valence-corrected chi connectivity index (χ3v) is 3.50. The lowest BCUT2D eigenvalue weighted by Crippen LogP contribution is -2.38. The fraction of sp³-hybridized carbons (Fsp3) is 0.667. The highest BCUT2D eigenvalue weighted by Gasteiger charge is 2.42. The molecular formula is C15H24N2O5. The second kappa shape index (κ2) is 8.41. The predicted molar refractivity (Wildman–Crippen MR) is 81.8 cm³/mol. The maximum atomic E-state index is 9.55. The van der Waals surface area contributed by atoms with Gasteiger partial charge >= 0.3 is 11.9 Å². The molecule has 2 fully saturated rings. The summed E-state index contributed by atoms with van der Waals surface area (Å²) in [5.74, 6) is -0.682. The lowest BCUT2D eigenvalue weighted by Gasteiger charge is -2.17. The highest BCUT2D eigenvalue weighted by molar-refractivity contribution is 5.89. The second-order valence-electron chi connectivity index (χ2n) is 5.39. The van der Waals surface area contributed by atoms with E-state index in [1.54, 1.807) is 0 Å². The molecule has 0 amide bonds. The summed E-state index contributed by atoms with van der Waals surface area (Å²) in [6.07, 6.45) is 6.73. The van der Waals surface area contributed by atoms with E-state index in [2.05, 4.69) is 10.3 Å². The van der Waals surface area contributed by atoms with Crippen molar-refractivity contribution in [3.05, 3.63) is 12.2 Å². The van der Waals surface area contributed by atoms with Gasteiger partial charge in [0, 0.05) is 18.2 Å². The van der Waals surface area contributed by atoms with Crippen LogP contribution >= 0.6 is 0 Å². The van der Waals surface area contributed by atoms with Gasteiger partial charge in [-0.3, -0.25) is 0 Å². The van der Waals surface area contributed by atoms with Gasteiger partial charge in [0.15, 0.2) is 0 Å². The van der Waals surface area contributed by atoms with Gasteiger partial charge in [-0.2, -0.15) is 0 Å². The molecule has 0 spiro atoms. The minimum Gasteiger partial charge on any atom is -0.478 e. The van der Waals surface area contributed by atoms with Gasteiger partial charge in [0.25, 0.3) is 6.02 Å². The van der Waals surface area contributed by atoms with Crippen LogP contribution in [0.5, 0.6) is 0 Å². The lowest BCUT2D eigenvalue weighted by molar-refractivity contribution is -0.134. The van der Waals surface area contributed by atoms with Gasteiger partial charge in [0.05, 0.1) is 6.54 Å². The predicted octanol–water partition coefficient (Wildman–Crippen LogP) is 1.50. The summed E-state index contributed by atoms with van der Waals surface area (Å²) in [5, 5.41) is 19.1. The molecule has 0 radical (unpaired) electrons. The van der Waals surface area contributed by atoms with E-state index >= 15 is 0 Å². The van der Waals surface area contributed by atoms with Crippen molar-refractivity contribution in [2.24, 2.45) is 16.8 Å². The Morgan fingerprint density at radius 3 is 1.95 bits per heavy atom. The number of carboxylic acids is 2. The number of amidine groups is 1. The Balaban J connectivity index is 0.000000238. The molecule has 0 unspecified atom stereocenters. The topological polar surface area (TPSA) is 108 Å². The third-order valence-electron chi connectivity index (χ3n) is 3.50. The molecule has 2 aliphatic carbocycles. The molecule has 0 aromatic rings. The number of carbonyl (C=O) groups is 2. The lowest BCUT2D eigenvalue weighted by atomic mass is 10.1. The minimum atomic E-state index is -1.26. The molecule has 1 aliphatic heterocycles.